The van der Waals surface area contributed by atoms with E-state index >= 15 is 0 Å². The molecule has 1 saturated carbocycles. The Morgan fingerprint density at radius 1 is 1.05 bits per heavy atom. The second-order valence-corrected chi connectivity index (χ2v) is 5.76. The summed E-state index contributed by atoms with van der Waals surface area (Å²) in [5, 5.41) is 9.24. The molecule has 2 aromatic rings. The molecule has 1 heterocycles. The minimum atomic E-state index is -0.289. The first-order valence-electron chi connectivity index (χ1n) is 7.61. The van der Waals surface area contributed by atoms with Crippen LogP contribution >= 0.6 is 0 Å². The summed E-state index contributed by atoms with van der Waals surface area (Å²) in [5.41, 5.74) is 2.39. The largest absolute Gasteiger partial charge is 0.428 e. The normalized spacial score (nSPS) is 16.0. The monoisotopic (exact) mass is 284 g/mol. The molecule has 0 unspecified atom stereocenters. The van der Waals surface area contributed by atoms with E-state index in [1.165, 1.54) is 25.3 Å². The lowest BCUT2D eigenvalue weighted by atomic mass is 9.86. The highest BCUT2D eigenvalue weighted by atomic mass is 16.4. The Hall–Kier alpha value is -1.87. The van der Waals surface area contributed by atoms with Gasteiger partial charge in [0.25, 0.3) is 0 Å². The molecule has 21 heavy (non-hydrogen) atoms. The first-order chi connectivity index (χ1) is 10.3. The van der Waals surface area contributed by atoms with Crippen molar-refractivity contribution in [3.05, 3.63) is 58.1 Å². The van der Waals surface area contributed by atoms with Gasteiger partial charge in [0.15, 0.2) is 0 Å². The number of rotatable bonds is 3. The van der Waals surface area contributed by atoms with Gasteiger partial charge >= 0.3 is 5.63 Å². The molecule has 0 bridgehead atoms. The highest BCUT2D eigenvalue weighted by Crippen LogP contribution is 2.33. The van der Waals surface area contributed by atoms with Gasteiger partial charge in [-0.15, -0.1) is 0 Å². The lowest BCUT2D eigenvalue weighted by Gasteiger charge is -2.20. The maximum Gasteiger partial charge on any atom is 0.336 e. The highest BCUT2D eigenvalue weighted by molar-refractivity contribution is 5.64. The van der Waals surface area contributed by atoms with Crippen LogP contribution in [0.5, 0.6) is 0 Å². The maximum absolute atomic E-state index is 11.9. The molecule has 0 radical (unpaired) electrons. The molecule has 1 fully saturated rings. The zero-order chi connectivity index (χ0) is 14.7. The van der Waals surface area contributed by atoms with Crippen LogP contribution in [-0.2, 0) is 6.61 Å². The zero-order valence-electron chi connectivity index (χ0n) is 12.0. The second-order valence-electron chi connectivity index (χ2n) is 5.76. The molecular formula is C18H20O3. The first kappa shape index (κ1) is 14.1. The van der Waals surface area contributed by atoms with Gasteiger partial charge in [-0.05, 0) is 41.7 Å². The number of benzene rings is 1. The fourth-order valence-corrected chi connectivity index (χ4v) is 3.10. The Morgan fingerprint density at radius 3 is 2.62 bits per heavy atom. The van der Waals surface area contributed by atoms with E-state index in [2.05, 4.69) is 0 Å². The fourth-order valence-electron chi connectivity index (χ4n) is 3.10. The topological polar surface area (TPSA) is 50.4 Å². The summed E-state index contributed by atoms with van der Waals surface area (Å²) in [4.78, 5) is 11.9. The van der Waals surface area contributed by atoms with Crippen molar-refractivity contribution in [3.63, 3.8) is 0 Å². The van der Waals surface area contributed by atoms with Crippen LogP contribution in [0.25, 0.3) is 11.1 Å². The number of aliphatic hydroxyl groups excluding tert-OH is 1. The molecule has 0 aliphatic heterocycles. The van der Waals surface area contributed by atoms with Gasteiger partial charge in [0.05, 0.1) is 6.61 Å². The first-order valence-corrected chi connectivity index (χ1v) is 7.61. The summed E-state index contributed by atoms with van der Waals surface area (Å²) in [5.74, 6) is 1.18. The lowest BCUT2D eigenvalue weighted by Crippen LogP contribution is -2.08. The standard InChI is InChI=1S/C18H20O3/c19-12-13-5-4-8-15(9-13)16-10-17(21-18(20)11-16)14-6-2-1-3-7-14/h4-5,8-11,14,19H,1-3,6-7,12H2. The molecule has 3 rings (SSSR count). The average Bonchev–Trinajstić information content (AvgIpc) is 2.55. The fraction of sp³-hybridized carbons (Fsp3) is 0.389. The van der Waals surface area contributed by atoms with Crippen LogP contribution in [0.4, 0.5) is 0 Å². The van der Waals surface area contributed by atoms with Crippen LogP contribution < -0.4 is 5.63 Å². The Kier molecular flexibility index (Phi) is 4.20. The summed E-state index contributed by atoms with van der Waals surface area (Å²) in [6.07, 6.45) is 5.89. The van der Waals surface area contributed by atoms with Crippen molar-refractivity contribution < 1.29 is 9.52 Å². The molecule has 1 N–H and O–H groups in total. The van der Waals surface area contributed by atoms with Crippen LogP contribution in [0.15, 0.2) is 45.6 Å². The molecule has 110 valence electrons. The van der Waals surface area contributed by atoms with E-state index in [1.807, 2.05) is 30.3 Å². The molecule has 0 atom stereocenters. The Labute approximate surface area is 124 Å². The van der Waals surface area contributed by atoms with E-state index in [4.69, 9.17) is 4.42 Å². The van der Waals surface area contributed by atoms with Crippen molar-refractivity contribution in [3.8, 4) is 11.1 Å². The quantitative estimate of drug-likeness (QED) is 0.931. The molecule has 1 aliphatic carbocycles. The summed E-state index contributed by atoms with van der Waals surface area (Å²) >= 11 is 0. The summed E-state index contributed by atoms with van der Waals surface area (Å²) < 4.78 is 5.43. The molecule has 3 nitrogen and oxygen atoms in total. The molecule has 0 spiro atoms. The predicted molar refractivity (Wildman–Crippen MR) is 82.2 cm³/mol. The van der Waals surface area contributed by atoms with Gasteiger partial charge in [0, 0.05) is 12.0 Å². The van der Waals surface area contributed by atoms with Gasteiger partial charge in [-0.2, -0.15) is 0 Å². The molecular weight excluding hydrogens is 264 g/mol. The van der Waals surface area contributed by atoms with Gasteiger partial charge in [0.2, 0.25) is 0 Å². The number of hydrogen-bond acceptors (Lipinski definition) is 3. The maximum atomic E-state index is 11.9. The van der Waals surface area contributed by atoms with E-state index in [-0.39, 0.29) is 12.2 Å². The van der Waals surface area contributed by atoms with Crippen LogP contribution in [0.3, 0.4) is 0 Å². The van der Waals surface area contributed by atoms with Gasteiger partial charge in [-0.3, -0.25) is 0 Å². The van der Waals surface area contributed by atoms with Gasteiger partial charge in [-0.25, -0.2) is 4.79 Å². The molecule has 0 saturated heterocycles. The van der Waals surface area contributed by atoms with Crippen molar-refractivity contribution in [2.45, 2.75) is 44.6 Å². The molecule has 1 aliphatic rings. The van der Waals surface area contributed by atoms with Crippen LogP contribution in [0, 0.1) is 0 Å². The third kappa shape index (κ3) is 3.24. The predicted octanol–water partition coefficient (Wildman–Crippen LogP) is 3.85. The number of aliphatic hydroxyl groups is 1. The van der Waals surface area contributed by atoms with E-state index in [0.29, 0.717) is 5.92 Å². The molecule has 3 heteroatoms. The van der Waals surface area contributed by atoms with Gasteiger partial charge in [-0.1, -0.05) is 37.5 Å². The van der Waals surface area contributed by atoms with Crippen LogP contribution in [0.2, 0.25) is 0 Å². The Bertz CT molecular complexity index is 666. The Morgan fingerprint density at radius 2 is 1.86 bits per heavy atom. The smallest absolute Gasteiger partial charge is 0.336 e. The summed E-state index contributed by atoms with van der Waals surface area (Å²) in [7, 11) is 0. The van der Waals surface area contributed by atoms with E-state index in [0.717, 1.165) is 35.3 Å². The van der Waals surface area contributed by atoms with Crippen molar-refractivity contribution >= 4 is 0 Å². The van der Waals surface area contributed by atoms with Crippen molar-refractivity contribution in [2.75, 3.05) is 0 Å². The van der Waals surface area contributed by atoms with Gasteiger partial charge < -0.3 is 9.52 Å². The van der Waals surface area contributed by atoms with Crippen LogP contribution in [-0.4, -0.2) is 5.11 Å². The third-order valence-corrected chi connectivity index (χ3v) is 4.24. The SMILES string of the molecule is O=c1cc(-c2cccc(CO)c2)cc(C2CCCCC2)o1. The zero-order valence-corrected chi connectivity index (χ0v) is 12.0. The summed E-state index contributed by atoms with van der Waals surface area (Å²) in [6, 6.07) is 11.2. The lowest BCUT2D eigenvalue weighted by molar-refractivity contribution is 0.282. The molecule has 0 amide bonds. The van der Waals surface area contributed by atoms with E-state index in [1.54, 1.807) is 0 Å². The summed E-state index contributed by atoms with van der Waals surface area (Å²) in [6.45, 7) is 0.00473. The van der Waals surface area contributed by atoms with Gasteiger partial charge in [0.1, 0.15) is 5.76 Å². The number of hydrogen-bond donors (Lipinski definition) is 1. The third-order valence-electron chi connectivity index (χ3n) is 4.24. The molecule has 1 aromatic heterocycles. The Balaban J connectivity index is 1.98. The van der Waals surface area contributed by atoms with E-state index in [9.17, 15) is 9.90 Å². The van der Waals surface area contributed by atoms with E-state index < -0.39 is 0 Å². The van der Waals surface area contributed by atoms with Crippen molar-refractivity contribution in [1.82, 2.24) is 0 Å². The highest BCUT2D eigenvalue weighted by Gasteiger charge is 2.19. The average molecular weight is 284 g/mol. The minimum absolute atomic E-state index is 0.00473. The van der Waals surface area contributed by atoms with Crippen molar-refractivity contribution in [1.29, 1.82) is 0 Å². The second kappa shape index (κ2) is 6.27. The molecule has 1 aromatic carbocycles. The minimum Gasteiger partial charge on any atom is -0.428 e. The van der Waals surface area contributed by atoms with Crippen molar-refractivity contribution in [2.24, 2.45) is 0 Å². The van der Waals surface area contributed by atoms with Crippen LogP contribution in [0.1, 0.15) is 49.3 Å².